The SMILES string of the molecule is COC(=O)c1cc(N=NB(F)F)cc2c1OCCO2. The van der Waals surface area contributed by atoms with E-state index >= 15 is 0 Å². The molecular formula is C10H9BF2N2O4. The molecule has 1 aromatic rings. The Kier molecular flexibility index (Phi) is 3.93. The summed E-state index contributed by atoms with van der Waals surface area (Å²) in [4.78, 5) is 11.6. The molecule has 0 saturated heterocycles. The van der Waals surface area contributed by atoms with Crippen LogP contribution in [0.4, 0.5) is 14.3 Å². The Morgan fingerprint density at radius 1 is 1.37 bits per heavy atom. The van der Waals surface area contributed by atoms with Gasteiger partial charge in [-0.3, -0.25) is 8.63 Å². The molecule has 19 heavy (non-hydrogen) atoms. The number of halogens is 2. The third-order valence-electron chi connectivity index (χ3n) is 2.29. The number of ether oxygens (including phenoxy) is 3. The van der Waals surface area contributed by atoms with Crippen molar-refractivity contribution in [1.29, 1.82) is 0 Å². The number of esters is 1. The first-order valence-electron chi connectivity index (χ1n) is 5.33. The monoisotopic (exact) mass is 270 g/mol. The number of hydrogen-bond acceptors (Lipinski definition) is 6. The summed E-state index contributed by atoms with van der Waals surface area (Å²) < 4.78 is 39.1. The van der Waals surface area contributed by atoms with E-state index < -0.39 is 13.4 Å². The van der Waals surface area contributed by atoms with Crippen LogP contribution in [0, 0.1) is 0 Å². The molecule has 1 aliphatic heterocycles. The molecule has 0 unspecified atom stereocenters. The molecular weight excluding hydrogens is 261 g/mol. The van der Waals surface area contributed by atoms with E-state index in [1.807, 2.05) is 0 Å². The highest BCUT2D eigenvalue weighted by Crippen LogP contribution is 2.38. The Bertz CT molecular complexity index is 524. The third kappa shape index (κ3) is 2.98. The third-order valence-corrected chi connectivity index (χ3v) is 2.29. The lowest BCUT2D eigenvalue weighted by atomic mass is 10.1. The molecule has 0 N–H and O–H groups in total. The molecule has 9 heteroatoms. The largest absolute Gasteiger partial charge is 0.711 e. The average molecular weight is 270 g/mol. The highest BCUT2D eigenvalue weighted by Gasteiger charge is 2.23. The molecule has 0 spiro atoms. The van der Waals surface area contributed by atoms with E-state index in [2.05, 4.69) is 14.9 Å². The molecule has 1 heterocycles. The maximum Gasteiger partial charge on any atom is 0.711 e. The van der Waals surface area contributed by atoms with Gasteiger partial charge in [0.1, 0.15) is 18.8 Å². The lowest BCUT2D eigenvalue weighted by Gasteiger charge is -2.20. The molecule has 0 radical (unpaired) electrons. The van der Waals surface area contributed by atoms with E-state index in [1.54, 1.807) is 0 Å². The van der Waals surface area contributed by atoms with Gasteiger partial charge >= 0.3 is 13.4 Å². The molecule has 2 rings (SSSR count). The molecule has 100 valence electrons. The van der Waals surface area contributed by atoms with E-state index in [-0.39, 0.29) is 29.4 Å². The zero-order valence-corrected chi connectivity index (χ0v) is 9.93. The van der Waals surface area contributed by atoms with Crippen molar-refractivity contribution in [1.82, 2.24) is 0 Å². The Balaban J connectivity index is 2.45. The second-order valence-electron chi connectivity index (χ2n) is 3.50. The molecule has 0 aromatic heterocycles. The summed E-state index contributed by atoms with van der Waals surface area (Å²) in [6, 6.07) is 2.62. The lowest BCUT2D eigenvalue weighted by Crippen LogP contribution is -2.18. The van der Waals surface area contributed by atoms with E-state index in [9.17, 15) is 13.4 Å². The minimum Gasteiger partial charge on any atom is -0.486 e. The zero-order valence-electron chi connectivity index (χ0n) is 9.93. The van der Waals surface area contributed by atoms with Gasteiger partial charge in [0.15, 0.2) is 11.5 Å². The van der Waals surface area contributed by atoms with E-state index in [1.165, 1.54) is 19.2 Å². The quantitative estimate of drug-likeness (QED) is 0.479. The minimum absolute atomic E-state index is 0.0583. The molecule has 0 atom stereocenters. The van der Waals surface area contributed by atoms with Crippen LogP contribution in [0.3, 0.4) is 0 Å². The van der Waals surface area contributed by atoms with Crippen molar-refractivity contribution < 1.29 is 27.6 Å². The van der Waals surface area contributed by atoms with Crippen LogP contribution in [0.5, 0.6) is 11.5 Å². The maximum absolute atomic E-state index is 12.0. The summed E-state index contributed by atoms with van der Waals surface area (Å²) in [7, 11) is -1.72. The number of methoxy groups -OCH3 is 1. The number of hydrogen-bond donors (Lipinski definition) is 0. The van der Waals surface area contributed by atoms with E-state index in [4.69, 9.17) is 9.47 Å². The molecule has 0 saturated carbocycles. The summed E-state index contributed by atoms with van der Waals surface area (Å²) in [6.07, 6.45) is 0. The fraction of sp³-hybridized carbons (Fsp3) is 0.300. The predicted octanol–water partition coefficient (Wildman–Crippen LogP) is 2.25. The van der Waals surface area contributed by atoms with Crippen LogP contribution < -0.4 is 9.47 Å². The van der Waals surface area contributed by atoms with Crippen molar-refractivity contribution >= 4 is 19.1 Å². The van der Waals surface area contributed by atoms with E-state index in [0.717, 1.165) is 0 Å². The van der Waals surface area contributed by atoms with Crippen molar-refractivity contribution in [3.05, 3.63) is 17.7 Å². The summed E-state index contributed by atoms with van der Waals surface area (Å²) in [5, 5.41) is 6.04. The second-order valence-corrected chi connectivity index (χ2v) is 3.50. The number of benzene rings is 1. The van der Waals surface area contributed by atoms with Crippen LogP contribution >= 0.6 is 0 Å². The molecule has 0 aliphatic carbocycles. The number of carbonyl (C=O) groups is 1. The molecule has 0 bridgehead atoms. The molecule has 1 aromatic carbocycles. The highest BCUT2D eigenvalue weighted by molar-refractivity contribution is 6.39. The lowest BCUT2D eigenvalue weighted by molar-refractivity contribution is 0.0590. The summed E-state index contributed by atoms with van der Waals surface area (Å²) in [5.41, 5.74) is 0.118. The van der Waals surface area contributed by atoms with Crippen molar-refractivity contribution in [2.75, 3.05) is 20.3 Å². The smallest absolute Gasteiger partial charge is 0.486 e. The second kappa shape index (κ2) is 5.64. The Morgan fingerprint density at radius 3 is 2.79 bits per heavy atom. The molecule has 0 amide bonds. The zero-order chi connectivity index (χ0) is 13.8. The number of nitrogens with zero attached hydrogens (tertiary/aromatic N) is 2. The van der Waals surface area contributed by atoms with E-state index in [0.29, 0.717) is 6.61 Å². The van der Waals surface area contributed by atoms with Crippen molar-refractivity contribution in [3.8, 4) is 11.5 Å². The van der Waals surface area contributed by atoms with Crippen LogP contribution in [-0.2, 0) is 4.74 Å². The Hall–Kier alpha value is -2.19. The van der Waals surface area contributed by atoms with Crippen LogP contribution in [0.15, 0.2) is 22.3 Å². The summed E-state index contributed by atoms with van der Waals surface area (Å²) in [6.45, 7) is 0.581. The van der Waals surface area contributed by atoms with Gasteiger partial charge in [-0.05, 0) is 6.07 Å². The van der Waals surface area contributed by atoms with Gasteiger partial charge in [-0.25, -0.2) is 4.79 Å². The number of carbonyl (C=O) groups excluding carboxylic acids is 1. The topological polar surface area (TPSA) is 69.5 Å². The Morgan fingerprint density at radius 2 is 2.11 bits per heavy atom. The number of rotatable bonds is 3. The highest BCUT2D eigenvalue weighted by atomic mass is 19.2. The van der Waals surface area contributed by atoms with Gasteiger partial charge in [0, 0.05) is 6.07 Å². The van der Waals surface area contributed by atoms with Crippen LogP contribution in [-0.4, -0.2) is 33.7 Å². The Labute approximate surface area is 107 Å². The summed E-state index contributed by atoms with van der Waals surface area (Å²) >= 11 is 0. The fourth-order valence-electron chi connectivity index (χ4n) is 1.57. The molecule has 0 fully saturated rings. The molecule has 6 nitrogen and oxygen atoms in total. The molecule has 1 aliphatic rings. The standard InChI is InChI=1S/C10H9BF2N2O4/c1-17-10(16)7-4-6(14-15-11(12)13)5-8-9(7)19-3-2-18-8/h4-5H,2-3H2,1H3. The van der Waals surface area contributed by atoms with Crippen molar-refractivity contribution in [2.24, 2.45) is 10.1 Å². The summed E-state index contributed by atoms with van der Waals surface area (Å²) in [5.74, 6) is -0.206. The van der Waals surface area contributed by atoms with Gasteiger partial charge in [-0.1, -0.05) is 0 Å². The van der Waals surface area contributed by atoms with Gasteiger partial charge in [-0.15, -0.1) is 0 Å². The predicted molar refractivity (Wildman–Crippen MR) is 61.3 cm³/mol. The van der Waals surface area contributed by atoms with Gasteiger partial charge in [-0.2, -0.15) is 10.1 Å². The minimum atomic E-state index is -2.92. The van der Waals surface area contributed by atoms with Gasteiger partial charge in [0.2, 0.25) is 0 Å². The van der Waals surface area contributed by atoms with Gasteiger partial charge in [0.05, 0.1) is 12.8 Å². The van der Waals surface area contributed by atoms with Crippen molar-refractivity contribution in [2.45, 2.75) is 0 Å². The maximum atomic E-state index is 12.0. The normalized spacial score (nSPS) is 13.4. The number of fused-ring (bicyclic) bond motifs is 1. The van der Waals surface area contributed by atoms with Crippen LogP contribution in [0.1, 0.15) is 10.4 Å². The van der Waals surface area contributed by atoms with Crippen LogP contribution in [0.25, 0.3) is 0 Å². The van der Waals surface area contributed by atoms with Crippen LogP contribution in [0.2, 0.25) is 0 Å². The fourth-order valence-corrected chi connectivity index (χ4v) is 1.57. The average Bonchev–Trinajstić information content (AvgIpc) is 2.43. The first-order valence-corrected chi connectivity index (χ1v) is 5.33. The van der Waals surface area contributed by atoms with Gasteiger partial charge in [0.25, 0.3) is 0 Å². The van der Waals surface area contributed by atoms with Crippen molar-refractivity contribution in [3.63, 3.8) is 0 Å². The van der Waals surface area contributed by atoms with Gasteiger partial charge < -0.3 is 14.2 Å². The first-order chi connectivity index (χ1) is 9.11. The first kappa shape index (κ1) is 13.3.